The molecule has 0 aliphatic carbocycles. The first-order valence-corrected chi connectivity index (χ1v) is 6.33. The summed E-state index contributed by atoms with van der Waals surface area (Å²) >= 11 is 7.52. The molecule has 0 saturated carbocycles. The molecule has 1 aliphatic heterocycles. The smallest absolute Gasteiger partial charge is 0.208 e. The largest absolute Gasteiger partial charge is 0.377 e. The Morgan fingerprint density at radius 3 is 2.80 bits per heavy atom. The highest BCUT2D eigenvalue weighted by Crippen LogP contribution is 2.30. The van der Waals surface area contributed by atoms with Gasteiger partial charge in [-0.3, -0.25) is 0 Å². The molecule has 1 aromatic rings. The summed E-state index contributed by atoms with van der Waals surface area (Å²) < 4.78 is 5.50. The molecule has 84 valence electrons. The molecule has 1 fully saturated rings. The van der Waals surface area contributed by atoms with E-state index in [1.54, 1.807) is 24.0 Å². The number of ether oxygens (including phenoxy) is 1. The highest BCUT2D eigenvalue weighted by Gasteiger charge is 2.34. The molecule has 0 aromatic carbocycles. The fraction of sp³-hybridized carbons (Fsp3) is 0.778. The summed E-state index contributed by atoms with van der Waals surface area (Å²) in [4.78, 5) is 2.24. The van der Waals surface area contributed by atoms with Gasteiger partial charge in [-0.25, -0.2) is 0 Å². The molecular formula is C9H14ClN3OS. The summed E-state index contributed by atoms with van der Waals surface area (Å²) in [7, 11) is 1.74. The Kier molecular flexibility index (Phi) is 3.43. The summed E-state index contributed by atoms with van der Waals surface area (Å²) in [5, 5.41) is 8.90. The molecule has 0 N–H and O–H groups in total. The van der Waals surface area contributed by atoms with Crippen molar-refractivity contribution in [2.75, 3.05) is 31.0 Å². The number of methoxy groups -OCH3 is 1. The second-order valence-corrected chi connectivity index (χ2v) is 4.81. The minimum Gasteiger partial charge on any atom is -0.377 e. The lowest BCUT2D eigenvalue weighted by atomic mass is 9.93. The van der Waals surface area contributed by atoms with Crippen molar-refractivity contribution in [3.63, 3.8) is 0 Å². The highest BCUT2D eigenvalue weighted by molar-refractivity contribution is 7.13. The summed E-state index contributed by atoms with van der Waals surface area (Å²) in [5.41, 5.74) is 1.62. The van der Waals surface area contributed by atoms with E-state index in [0.717, 1.165) is 31.1 Å². The Hall–Kier alpha value is -0.390. The highest BCUT2D eigenvalue weighted by atomic mass is 35.5. The van der Waals surface area contributed by atoms with Crippen molar-refractivity contribution in [3.05, 3.63) is 5.51 Å². The topological polar surface area (TPSA) is 38.2 Å². The van der Waals surface area contributed by atoms with Crippen LogP contribution in [-0.2, 0) is 4.74 Å². The van der Waals surface area contributed by atoms with E-state index < -0.39 is 0 Å². The average Bonchev–Trinajstić information content (AvgIpc) is 2.83. The predicted molar refractivity (Wildman–Crippen MR) is 61.8 cm³/mol. The molecule has 1 aliphatic rings. The Balaban J connectivity index is 1.97. The van der Waals surface area contributed by atoms with Crippen molar-refractivity contribution in [1.82, 2.24) is 10.2 Å². The van der Waals surface area contributed by atoms with Crippen molar-refractivity contribution < 1.29 is 4.74 Å². The van der Waals surface area contributed by atoms with Crippen molar-refractivity contribution >= 4 is 28.1 Å². The lowest BCUT2D eigenvalue weighted by molar-refractivity contribution is -0.0101. The van der Waals surface area contributed by atoms with Gasteiger partial charge in [0.2, 0.25) is 5.13 Å². The van der Waals surface area contributed by atoms with Crippen LogP contribution in [-0.4, -0.2) is 41.9 Å². The van der Waals surface area contributed by atoms with Gasteiger partial charge in [-0.05, 0) is 12.8 Å². The summed E-state index contributed by atoms with van der Waals surface area (Å²) in [6, 6.07) is 0. The normalized spacial score (nSPS) is 20.5. The van der Waals surface area contributed by atoms with Crippen molar-refractivity contribution in [2.45, 2.75) is 18.4 Å². The number of alkyl halides is 1. The molecule has 0 unspecified atom stereocenters. The molecule has 1 saturated heterocycles. The van der Waals surface area contributed by atoms with Crippen LogP contribution >= 0.6 is 22.9 Å². The summed E-state index contributed by atoms with van der Waals surface area (Å²) in [6.45, 7) is 1.88. The first-order chi connectivity index (χ1) is 7.29. The number of rotatable bonds is 3. The maximum Gasteiger partial charge on any atom is 0.208 e. The van der Waals surface area contributed by atoms with E-state index in [1.165, 1.54) is 0 Å². The van der Waals surface area contributed by atoms with E-state index in [1.807, 2.05) is 0 Å². The van der Waals surface area contributed by atoms with Crippen LogP contribution in [0.25, 0.3) is 0 Å². The zero-order valence-electron chi connectivity index (χ0n) is 8.65. The van der Waals surface area contributed by atoms with Crippen molar-refractivity contribution in [1.29, 1.82) is 0 Å². The number of hydrogen-bond donors (Lipinski definition) is 0. The molecule has 4 nitrogen and oxygen atoms in total. The first-order valence-electron chi connectivity index (χ1n) is 4.92. The quantitative estimate of drug-likeness (QED) is 0.763. The Labute approximate surface area is 98.2 Å². The van der Waals surface area contributed by atoms with Crippen molar-refractivity contribution in [3.8, 4) is 0 Å². The Bertz CT molecular complexity index is 292. The molecular weight excluding hydrogens is 234 g/mol. The van der Waals surface area contributed by atoms with E-state index in [-0.39, 0.29) is 5.60 Å². The van der Waals surface area contributed by atoms with Crippen LogP contribution in [0.1, 0.15) is 12.8 Å². The maximum atomic E-state index is 5.94. The van der Waals surface area contributed by atoms with Crippen LogP contribution in [0.5, 0.6) is 0 Å². The third-order valence-corrected chi connectivity index (χ3v) is 4.21. The van der Waals surface area contributed by atoms with E-state index in [2.05, 4.69) is 15.1 Å². The van der Waals surface area contributed by atoms with Gasteiger partial charge in [-0.15, -0.1) is 21.8 Å². The molecule has 0 bridgehead atoms. The van der Waals surface area contributed by atoms with E-state index in [0.29, 0.717) is 5.88 Å². The average molecular weight is 248 g/mol. The zero-order chi connectivity index (χ0) is 10.7. The molecule has 1 aromatic heterocycles. The number of aromatic nitrogens is 2. The van der Waals surface area contributed by atoms with Gasteiger partial charge in [0.05, 0.1) is 11.5 Å². The number of anilines is 1. The van der Waals surface area contributed by atoms with Gasteiger partial charge >= 0.3 is 0 Å². The standard InChI is InChI=1S/C9H14ClN3OS/c1-14-9(6-10)2-4-13(5-3-9)8-12-11-7-15-8/h7H,2-6H2,1H3. The molecule has 0 atom stereocenters. The summed E-state index contributed by atoms with van der Waals surface area (Å²) in [5.74, 6) is 0.563. The fourth-order valence-corrected chi connectivity index (χ4v) is 2.79. The van der Waals surface area contributed by atoms with Crippen LogP contribution in [0, 0.1) is 0 Å². The molecule has 2 heterocycles. The lowest BCUT2D eigenvalue weighted by Gasteiger charge is -2.39. The van der Waals surface area contributed by atoms with Gasteiger partial charge in [-0.1, -0.05) is 11.3 Å². The van der Waals surface area contributed by atoms with Gasteiger partial charge < -0.3 is 9.64 Å². The zero-order valence-corrected chi connectivity index (χ0v) is 10.2. The minimum atomic E-state index is -0.136. The fourth-order valence-electron chi connectivity index (χ4n) is 1.80. The molecule has 0 radical (unpaired) electrons. The first kappa shape index (κ1) is 11.1. The third kappa shape index (κ3) is 2.24. The van der Waals surface area contributed by atoms with Gasteiger partial charge in [0, 0.05) is 20.2 Å². The molecule has 15 heavy (non-hydrogen) atoms. The van der Waals surface area contributed by atoms with E-state index in [9.17, 15) is 0 Å². The third-order valence-electron chi connectivity index (χ3n) is 2.97. The Morgan fingerprint density at radius 2 is 2.33 bits per heavy atom. The van der Waals surface area contributed by atoms with Gasteiger partial charge in [-0.2, -0.15) is 0 Å². The van der Waals surface area contributed by atoms with Crippen LogP contribution in [0.2, 0.25) is 0 Å². The molecule has 2 rings (SSSR count). The van der Waals surface area contributed by atoms with Crippen LogP contribution in [0.4, 0.5) is 5.13 Å². The molecule has 0 spiro atoms. The Morgan fingerprint density at radius 1 is 1.60 bits per heavy atom. The van der Waals surface area contributed by atoms with Gasteiger partial charge in [0.25, 0.3) is 0 Å². The van der Waals surface area contributed by atoms with Crippen LogP contribution < -0.4 is 4.90 Å². The lowest BCUT2D eigenvalue weighted by Crippen LogP contribution is -2.46. The SMILES string of the molecule is COC1(CCl)CCN(c2nncs2)CC1. The number of piperidine rings is 1. The second kappa shape index (κ2) is 4.63. The maximum absolute atomic E-state index is 5.94. The monoisotopic (exact) mass is 247 g/mol. The van der Waals surface area contributed by atoms with Crippen LogP contribution in [0.3, 0.4) is 0 Å². The summed E-state index contributed by atoms with van der Waals surface area (Å²) in [6.07, 6.45) is 1.90. The number of nitrogens with zero attached hydrogens (tertiary/aromatic N) is 3. The molecule has 6 heteroatoms. The van der Waals surface area contributed by atoms with E-state index >= 15 is 0 Å². The van der Waals surface area contributed by atoms with Crippen molar-refractivity contribution in [2.24, 2.45) is 0 Å². The second-order valence-electron chi connectivity index (χ2n) is 3.73. The minimum absolute atomic E-state index is 0.136. The number of hydrogen-bond acceptors (Lipinski definition) is 5. The number of halogens is 1. The van der Waals surface area contributed by atoms with Gasteiger partial charge in [0.15, 0.2) is 0 Å². The van der Waals surface area contributed by atoms with E-state index in [4.69, 9.17) is 16.3 Å². The molecule has 0 amide bonds. The predicted octanol–water partition coefficient (Wildman–Crippen LogP) is 1.76. The van der Waals surface area contributed by atoms with Crippen LogP contribution in [0.15, 0.2) is 5.51 Å². The van der Waals surface area contributed by atoms with Gasteiger partial charge in [0.1, 0.15) is 5.51 Å².